The normalized spacial score (nSPS) is 18.3. The van der Waals surface area contributed by atoms with E-state index in [2.05, 4.69) is 5.32 Å². The predicted octanol–water partition coefficient (Wildman–Crippen LogP) is 2.60. The van der Waals surface area contributed by atoms with Crippen molar-refractivity contribution in [1.29, 1.82) is 0 Å². The Morgan fingerprint density at radius 2 is 1.95 bits per heavy atom. The Bertz CT molecular complexity index is 488. The Kier molecular flexibility index (Phi) is 6.48. The van der Waals surface area contributed by atoms with Crippen molar-refractivity contribution in [3.63, 3.8) is 0 Å². The number of hydrogen-bond acceptors (Lipinski definition) is 2. The molecule has 0 saturated carbocycles. The van der Waals surface area contributed by atoms with E-state index in [0.717, 1.165) is 19.4 Å². The molecule has 1 N–H and O–H groups in total. The molecule has 1 heterocycles. The van der Waals surface area contributed by atoms with Crippen molar-refractivity contribution < 1.29 is 18.0 Å². The number of likely N-dealkylation sites (tertiary alicyclic amines) is 1. The highest BCUT2D eigenvalue weighted by atomic mass is 35.5. The standard InChI is InChI=1S/C14H17F3N2O.ClH/c1-18-7-9-3-2-4-19(8-9)14(20)13-11(16)5-10(15)6-12(13)17;/h5-6,9,18H,2-4,7-8H2,1H3;1H. The Balaban J connectivity index is 0.00000220. The molecule has 0 bridgehead atoms. The fraction of sp³-hybridized carbons (Fsp3) is 0.500. The van der Waals surface area contributed by atoms with E-state index < -0.39 is 28.9 Å². The first kappa shape index (κ1) is 17.8. The number of rotatable bonds is 3. The minimum absolute atomic E-state index is 0. The van der Waals surface area contributed by atoms with Gasteiger partial charge < -0.3 is 10.2 Å². The van der Waals surface area contributed by atoms with E-state index in [1.54, 1.807) is 0 Å². The van der Waals surface area contributed by atoms with E-state index in [4.69, 9.17) is 0 Å². The molecule has 2 rings (SSSR count). The van der Waals surface area contributed by atoms with E-state index in [-0.39, 0.29) is 18.3 Å². The lowest BCUT2D eigenvalue weighted by atomic mass is 9.97. The minimum Gasteiger partial charge on any atom is -0.338 e. The lowest BCUT2D eigenvalue weighted by molar-refractivity contribution is 0.0664. The molecular weight excluding hydrogens is 305 g/mol. The largest absolute Gasteiger partial charge is 0.338 e. The van der Waals surface area contributed by atoms with E-state index in [0.29, 0.717) is 25.2 Å². The number of hydrogen-bond donors (Lipinski definition) is 1. The first-order valence-electron chi connectivity index (χ1n) is 6.61. The zero-order valence-corrected chi connectivity index (χ0v) is 12.5. The summed E-state index contributed by atoms with van der Waals surface area (Å²) in [5.41, 5.74) is -0.670. The maximum absolute atomic E-state index is 13.6. The first-order valence-corrected chi connectivity index (χ1v) is 6.61. The summed E-state index contributed by atoms with van der Waals surface area (Å²) >= 11 is 0. The fourth-order valence-electron chi connectivity index (χ4n) is 2.61. The third-order valence-electron chi connectivity index (χ3n) is 3.52. The Morgan fingerprint density at radius 3 is 2.52 bits per heavy atom. The van der Waals surface area contributed by atoms with Gasteiger partial charge in [-0.15, -0.1) is 12.4 Å². The Hall–Kier alpha value is -1.27. The summed E-state index contributed by atoms with van der Waals surface area (Å²) < 4.78 is 40.1. The van der Waals surface area contributed by atoms with Crippen LogP contribution in [0.25, 0.3) is 0 Å². The topological polar surface area (TPSA) is 32.3 Å². The summed E-state index contributed by atoms with van der Waals surface area (Å²) in [5, 5.41) is 3.03. The number of benzene rings is 1. The van der Waals surface area contributed by atoms with Crippen LogP contribution < -0.4 is 5.32 Å². The number of carbonyl (C=O) groups excluding carboxylic acids is 1. The molecule has 1 aliphatic rings. The van der Waals surface area contributed by atoms with Gasteiger partial charge >= 0.3 is 0 Å². The average Bonchev–Trinajstić information content (AvgIpc) is 2.38. The van der Waals surface area contributed by atoms with Crippen molar-refractivity contribution in [3.05, 3.63) is 35.1 Å². The van der Waals surface area contributed by atoms with Gasteiger partial charge in [0.25, 0.3) is 5.91 Å². The molecule has 7 heteroatoms. The Morgan fingerprint density at radius 1 is 1.33 bits per heavy atom. The van der Waals surface area contributed by atoms with Crippen LogP contribution in [0.15, 0.2) is 12.1 Å². The highest BCUT2D eigenvalue weighted by Gasteiger charge is 2.28. The van der Waals surface area contributed by atoms with Crippen LogP contribution >= 0.6 is 12.4 Å². The molecule has 1 amide bonds. The average molecular weight is 323 g/mol. The zero-order valence-electron chi connectivity index (χ0n) is 11.7. The quantitative estimate of drug-likeness (QED) is 0.927. The van der Waals surface area contributed by atoms with Crippen LogP contribution in [0.4, 0.5) is 13.2 Å². The van der Waals surface area contributed by atoms with Crippen LogP contribution in [0, 0.1) is 23.4 Å². The molecule has 1 aromatic rings. The smallest absolute Gasteiger partial charge is 0.259 e. The molecule has 1 fully saturated rings. The summed E-state index contributed by atoms with van der Waals surface area (Å²) in [5.74, 6) is -3.76. The van der Waals surface area contributed by atoms with Gasteiger partial charge in [0.05, 0.1) is 0 Å². The van der Waals surface area contributed by atoms with Gasteiger partial charge in [0.2, 0.25) is 0 Å². The number of carbonyl (C=O) groups is 1. The second-order valence-corrected chi connectivity index (χ2v) is 5.06. The van der Waals surface area contributed by atoms with Crippen LogP contribution in [0.3, 0.4) is 0 Å². The Labute approximate surface area is 127 Å². The molecule has 0 aliphatic carbocycles. The highest BCUT2D eigenvalue weighted by Crippen LogP contribution is 2.21. The van der Waals surface area contributed by atoms with Gasteiger partial charge in [-0.25, -0.2) is 13.2 Å². The summed E-state index contributed by atoms with van der Waals surface area (Å²) in [4.78, 5) is 13.6. The lowest BCUT2D eigenvalue weighted by Crippen LogP contribution is -2.43. The number of halogens is 4. The third kappa shape index (κ3) is 4.11. The van der Waals surface area contributed by atoms with Gasteiger partial charge in [0.15, 0.2) is 0 Å². The van der Waals surface area contributed by atoms with Crippen molar-refractivity contribution in [2.75, 3.05) is 26.7 Å². The highest BCUT2D eigenvalue weighted by molar-refractivity contribution is 5.94. The van der Waals surface area contributed by atoms with Crippen LogP contribution in [0.2, 0.25) is 0 Å². The van der Waals surface area contributed by atoms with E-state index in [1.165, 1.54) is 4.90 Å². The fourth-order valence-corrected chi connectivity index (χ4v) is 2.61. The molecule has 0 spiro atoms. The number of nitrogens with one attached hydrogen (secondary N) is 1. The summed E-state index contributed by atoms with van der Waals surface area (Å²) in [6, 6.07) is 1.07. The molecule has 1 unspecified atom stereocenters. The molecule has 3 nitrogen and oxygen atoms in total. The second kappa shape index (κ2) is 7.66. The molecule has 1 aromatic carbocycles. The molecule has 118 valence electrons. The summed E-state index contributed by atoms with van der Waals surface area (Å²) in [6.45, 7) is 1.67. The molecular formula is C14H18ClF3N2O. The second-order valence-electron chi connectivity index (χ2n) is 5.06. The molecule has 21 heavy (non-hydrogen) atoms. The van der Waals surface area contributed by atoms with Gasteiger partial charge in [0.1, 0.15) is 23.0 Å². The van der Waals surface area contributed by atoms with E-state index >= 15 is 0 Å². The van der Waals surface area contributed by atoms with Crippen molar-refractivity contribution in [2.45, 2.75) is 12.8 Å². The first-order chi connectivity index (χ1) is 9.52. The van der Waals surface area contributed by atoms with E-state index in [9.17, 15) is 18.0 Å². The van der Waals surface area contributed by atoms with Crippen molar-refractivity contribution in [2.24, 2.45) is 5.92 Å². The van der Waals surface area contributed by atoms with Crippen LogP contribution in [0.5, 0.6) is 0 Å². The van der Waals surface area contributed by atoms with Gasteiger partial charge in [-0.2, -0.15) is 0 Å². The molecule has 0 aromatic heterocycles. The monoisotopic (exact) mass is 322 g/mol. The van der Waals surface area contributed by atoms with Crippen LogP contribution in [-0.4, -0.2) is 37.5 Å². The number of piperidine rings is 1. The van der Waals surface area contributed by atoms with Crippen molar-refractivity contribution in [1.82, 2.24) is 10.2 Å². The van der Waals surface area contributed by atoms with Crippen molar-refractivity contribution >= 4 is 18.3 Å². The van der Waals surface area contributed by atoms with Gasteiger partial charge in [-0.05, 0) is 32.4 Å². The molecule has 1 aliphatic heterocycles. The predicted molar refractivity (Wildman–Crippen MR) is 76.1 cm³/mol. The summed E-state index contributed by atoms with van der Waals surface area (Å²) in [6.07, 6.45) is 1.77. The maximum atomic E-state index is 13.6. The summed E-state index contributed by atoms with van der Waals surface area (Å²) in [7, 11) is 1.82. The zero-order chi connectivity index (χ0) is 14.7. The lowest BCUT2D eigenvalue weighted by Gasteiger charge is -2.32. The van der Waals surface area contributed by atoms with E-state index in [1.807, 2.05) is 7.05 Å². The van der Waals surface area contributed by atoms with Crippen molar-refractivity contribution in [3.8, 4) is 0 Å². The van der Waals surface area contributed by atoms with Crippen LogP contribution in [0.1, 0.15) is 23.2 Å². The molecule has 1 saturated heterocycles. The number of amides is 1. The molecule has 1 atom stereocenters. The van der Waals surface area contributed by atoms with Crippen LogP contribution in [-0.2, 0) is 0 Å². The maximum Gasteiger partial charge on any atom is 0.259 e. The van der Waals surface area contributed by atoms with Gasteiger partial charge in [0, 0.05) is 25.2 Å². The van der Waals surface area contributed by atoms with Gasteiger partial charge in [-0.3, -0.25) is 4.79 Å². The minimum atomic E-state index is -1.15. The molecule has 0 radical (unpaired) electrons. The SMILES string of the molecule is CNCC1CCCN(C(=O)c2c(F)cc(F)cc2F)C1.Cl. The third-order valence-corrected chi connectivity index (χ3v) is 3.52. The number of nitrogens with zero attached hydrogens (tertiary/aromatic N) is 1. The van der Waals surface area contributed by atoms with Gasteiger partial charge in [-0.1, -0.05) is 0 Å².